The van der Waals surface area contributed by atoms with Gasteiger partial charge in [0.15, 0.2) is 0 Å². The van der Waals surface area contributed by atoms with Crippen molar-refractivity contribution in [2.45, 2.75) is 39.4 Å². The highest BCUT2D eigenvalue weighted by Crippen LogP contribution is 2.16. The fraction of sp³-hybridized carbons (Fsp3) is 0.786. The fourth-order valence-corrected chi connectivity index (χ4v) is 3.04. The van der Waals surface area contributed by atoms with Crippen LogP contribution in [0.2, 0.25) is 0 Å². The van der Waals surface area contributed by atoms with Gasteiger partial charge in [0.2, 0.25) is 0 Å². The number of nitrogens with zero attached hydrogens (tertiary/aromatic N) is 3. The normalized spacial score (nSPS) is 19.7. The van der Waals surface area contributed by atoms with Crippen molar-refractivity contribution in [3.05, 3.63) is 16.1 Å². The average molecular weight is 282 g/mol. The zero-order valence-electron chi connectivity index (χ0n) is 12.4. The minimum atomic E-state index is 0.586. The second-order valence-corrected chi connectivity index (χ2v) is 6.69. The number of piperazine rings is 1. The first-order valence-corrected chi connectivity index (χ1v) is 8.07. The highest BCUT2D eigenvalue weighted by atomic mass is 32.1. The molecule has 0 radical (unpaired) electrons. The van der Waals surface area contributed by atoms with E-state index in [0.717, 1.165) is 26.2 Å². The Bertz CT molecular complexity index is 371. The first-order chi connectivity index (χ1) is 9.17. The number of nitrogens with one attached hydrogen (secondary N) is 1. The van der Waals surface area contributed by atoms with Crippen molar-refractivity contribution in [3.8, 4) is 0 Å². The van der Waals surface area contributed by atoms with Crippen LogP contribution >= 0.6 is 11.3 Å². The highest BCUT2D eigenvalue weighted by Gasteiger charge is 2.15. The van der Waals surface area contributed by atoms with E-state index in [4.69, 9.17) is 0 Å². The quantitative estimate of drug-likeness (QED) is 0.862. The summed E-state index contributed by atoms with van der Waals surface area (Å²) in [6.45, 7) is 11.1. The fourth-order valence-electron chi connectivity index (χ4n) is 2.12. The Hall–Kier alpha value is -0.490. The van der Waals surface area contributed by atoms with Crippen molar-refractivity contribution in [1.29, 1.82) is 0 Å². The molecule has 1 aliphatic rings. The third-order valence-electron chi connectivity index (χ3n) is 3.79. The maximum Gasteiger partial charge on any atom is 0.107 e. The summed E-state index contributed by atoms with van der Waals surface area (Å²) >= 11 is 1.85. The molecule has 1 unspecified atom stereocenters. The summed E-state index contributed by atoms with van der Waals surface area (Å²) in [5, 5.41) is 4.78. The minimum absolute atomic E-state index is 0.586. The zero-order chi connectivity index (χ0) is 13.7. The Morgan fingerprint density at radius 2 is 2.11 bits per heavy atom. The van der Waals surface area contributed by atoms with Crippen LogP contribution in [0.5, 0.6) is 0 Å². The van der Waals surface area contributed by atoms with E-state index >= 15 is 0 Å². The summed E-state index contributed by atoms with van der Waals surface area (Å²) in [7, 11) is 2.19. The largest absolute Gasteiger partial charge is 0.309 e. The molecule has 0 aliphatic carbocycles. The molecule has 0 aromatic carbocycles. The Morgan fingerprint density at radius 3 is 2.79 bits per heavy atom. The smallest absolute Gasteiger partial charge is 0.107 e. The van der Waals surface area contributed by atoms with Crippen LogP contribution < -0.4 is 5.32 Å². The predicted molar refractivity (Wildman–Crippen MR) is 81.5 cm³/mol. The van der Waals surface area contributed by atoms with Gasteiger partial charge in [-0.3, -0.25) is 4.90 Å². The van der Waals surface area contributed by atoms with Crippen LogP contribution in [0.3, 0.4) is 0 Å². The van der Waals surface area contributed by atoms with Gasteiger partial charge >= 0.3 is 0 Å². The van der Waals surface area contributed by atoms with E-state index in [-0.39, 0.29) is 0 Å². The molecule has 1 aliphatic heterocycles. The van der Waals surface area contributed by atoms with Crippen molar-refractivity contribution in [2.75, 3.05) is 33.2 Å². The zero-order valence-corrected chi connectivity index (χ0v) is 13.2. The van der Waals surface area contributed by atoms with Gasteiger partial charge < -0.3 is 10.2 Å². The molecule has 0 bridgehead atoms. The summed E-state index contributed by atoms with van der Waals surface area (Å²) in [6, 6.07) is 0.586. The summed E-state index contributed by atoms with van der Waals surface area (Å²) < 4.78 is 0. The van der Waals surface area contributed by atoms with Crippen LogP contribution in [0.25, 0.3) is 0 Å². The molecule has 108 valence electrons. The number of rotatable bonds is 6. The van der Waals surface area contributed by atoms with Gasteiger partial charge in [-0.25, -0.2) is 4.98 Å². The summed E-state index contributed by atoms with van der Waals surface area (Å²) in [5.74, 6) is 0. The van der Waals surface area contributed by atoms with Crippen molar-refractivity contribution in [3.63, 3.8) is 0 Å². The van der Waals surface area contributed by atoms with Crippen molar-refractivity contribution in [2.24, 2.45) is 0 Å². The lowest BCUT2D eigenvalue weighted by molar-refractivity contribution is 0.148. The van der Waals surface area contributed by atoms with E-state index in [9.17, 15) is 0 Å². The second-order valence-electron chi connectivity index (χ2n) is 5.49. The standard InChI is InChI=1S/C14H26N4S/c1-4-12(2)15-9-13-10-16-14(19-13)11-18-7-5-17(3)6-8-18/h10,12,15H,4-9,11H2,1-3H3. The predicted octanol–water partition coefficient (Wildman–Crippen LogP) is 1.78. The Morgan fingerprint density at radius 1 is 1.37 bits per heavy atom. The van der Waals surface area contributed by atoms with E-state index in [1.165, 1.54) is 29.4 Å². The van der Waals surface area contributed by atoms with Crippen molar-refractivity contribution >= 4 is 11.3 Å². The van der Waals surface area contributed by atoms with Crippen LogP contribution in [0.15, 0.2) is 6.20 Å². The molecule has 2 rings (SSSR count). The van der Waals surface area contributed by atoms with Gasteiger partial charge in [0.05, 0.1) is 6.54 Å². The summed E-state index contributed by atoms with van der Waals surface area (Å²) in [4.78, 5) is 10.8. The number of thiazole rings is 1. The van der Waals surface area contributed by atoms with E-state index in [1.807, 2.05) is 17.5 Å². The van der Waals surface area contributed by atoms with Gasteiger partial charge in [-0.15, -0.1) is 11.3 Å². The van der Waals surface area contributed by atoms with Gasteiger partial charge in [0.25, 0.3) is 0 Å². The van der Waals surface area contributed by atoms with Crippen molar-refractivity contribution in [1.82, 2.24) is 20.1 Å². The topological polar surface area (TPSA) is 31.4 Å². The first-order valence-electron chi connectivity index (χ1n) is 7.25. The van der Waals surface area contributed by atoms with E-state index in [1.54, 1.807) is 0 Å². The Balaban J connectivity index is 1.77. The Kier molecular flexibility index (Phi) is 5.76. The van der Waals surface area contributed by atoms with Gasteiger partial charge in [-0.05, 0) is 20.4 Å². The number of hydrogen-bond acceptors (Lipinski definition) is 5. The molecule has 19 heavy (non-hydrogen) atoms. The molecule has 0 spiro atoms. The Labute approximate surface area is 120 Å². The van der Waals surface area contributed by atoms with Crippen molar-refractivity contribution < 1.29 is 0 Å². The lowest BCUT2D eigenvalue weighted by Gasteiger charge is -2.31. The number of likely N-dealkylation sites (N-methyl/N-ethyl adjacent to an activating group) is 1. The van der Waals surface area contributed by atoms with Crippen LogP contribution in [0.1, 0.15) is 30.2 Å². The molecule has 1 aromatic rings. The highest BCUT2D eigenvalue weighted by molar-refractivity contribution is 7.11. The van der Waals surface area contributed by atoms with Gasteiger partial charge in [-0.1, -0.05) is 6.92 Å². The van der Waals surface area contributed by atoms with E-state index in [2.05, 4.69) is 41.0 Å². The third kappa shape index (κ3) is 4.84. The molecule has 1 fully saturated rings. The van der Waals surface area contributed by atoms with Gasteiger partial charge in [0, 0.05) is 49.8 Å². The molecule has 1 N–H and O–H groups in total. The monoisotopic (exact) mass is 282 g/mol. The van der Waals surface area contributed by atoms with E-state index < -0.39 is 0 Å². The van der Waals surface area contributed by atoms with E-state index in [0.29, 0.717) is 6.04 Å². The molecule has 5 heteroatoms. The first kappa shape index (κ1) is 14.9. The summed E-state index contributed by atoms with van der Waals surface area (Å²) in [5.41, 5.74) is 0. The van der Waals surface area contributed by atoms with Gasteiger partial charge in [-0.2, -0.15) is 0 Å². The molecule has 0 amide bonds. The SMILES string of the molecule is CCC(C)NCc1cnc(CN2CCN(C)CC2)s1. The number of hydrogen-bond donors (Lipinski definition) is 1. The molecular weight excluding hydrogens is 256 g/mol. The van der Waals surface area contributed by atoms with Crippen LogP contribution in [0, 0.1) is 0 Å². The maximum atomic E-state index is 4.56. The van der Waals surface area contributed by atoms with Gasteiger partial charge in [0.1, 0.15) is 5.01 Å². The third-order valence-corrected chi connectivity index (χ3v) is 4.78. The van der Waals surface area contributed by atoms with Crippen LogP contribution in [-0.2, 0) is 13.1 Å². The molecule has 2 heterocycles. The number of aromatic nitrogens is 1. The lowest BCUT2D eigenvalue weighted by atomic mass is 10.2. The minimum Gasteiger partial charge on any atom is -0.309 e. The molecule has 4 nitrogen and oxygen atoms in total. The average Bonchev–Trinajstić information content (AvgIpc) is 2.86. The molecule has 0 saturated carbocycles. The summed E-state index contributed by atoms with van der Waals surface area (Å²) in [6.07, 6.45) is 3.21. The lowest BCUT2D eigenvalue weighted by Crippen LogP contribution is -2.43. The molecular formula is C14H26N4S. The van der Waals surface area contributed by atoms with Crippen LogP contribution in [0.4, 0.5) is 0 Å². The van der Waals surface area contributed by atoms with Crippen LogP contribution in [-0.4, -0.2) is 54.1 Å². The molecule has 1 atom stereocenters. The maximum absolute atomic E-state index is 4.56. The molecule has 1 saturated heterocycles. The molecule has 1 aromatic heterocycles. The second kappa shape index (κ2) is 7.33.